The van der Waals surface area contributed by atoms with E-state index in [2.05, 4.69) is 11.8 Å². The number of rotatable bonds is 2. The summed E-state index contributed by atoms with van der Waals surface area (Å²) >= 11 is 0. The fraction of sp³-hybridized carbons (Fsp3) is 0.571. The number of carbonyl (C=O) groups excluding carboxylic acids is 1. The zero-order chi connectivity index (χ0) is 6.41. The summed E-state index contributed by atoms with van der Waals surface area (Å²) in [5, 5.41) is 0. The minimum absolute atomic E-state index is 0.234. The van der Waals surface area contributed by atoms with Gasteiger partial charge in [-0.15, -0.1) is 11.8 Å². The van der Waals surface area contributed by atoms with E-state index in [0.717, 1.165) is 6.29 Å². The molecule has 0 aliphatic heterocycles. The molecule has 0 saturated heterocycles. The van der Waals surface area contributed by atoms with Gasteiger partial charge in [0.2, 0.25) is 0 Å². The predicted octanol–water partition coefficient (Wildman–Crippen LogP) is 1.23. The minimum atomic E-state index is 0.234. The van der Waals surface area contributed by atoms with Crippen molar-refractivity contribution in [2.75, 3.05) is 0 Å². The normalized spacial score (nSPS) is 11.2. The highest BCUT2D eigenvalue weighted by Gasteiger charge is 1.91. The fourth-order valence-electron chi connectivity index (χ4n) is 0.450. The number of hydrogen-bond donors (Lipinski definition) is 0. The van der Waals surface area contributed by atoms with Gasteiger partial charge in [0.1, 0.15) is 6.29 Å². The molecular weight excluding hydrogens is 100 g/mol. The van der Waals surface area contributed by atoms with Crippen LogP contribution in [-0.4, -0.2) is 6.29 Å². The van der Waals surface area contributed by atoms with Gasteiger partial charge < -0.3 is 4.79 Å². The Kier molecular flexibility index (Phi) is 3.97. The Hall–Kier alpha value is -0.770. The first-order valence-corrected chi connectivity index (χ1v) is 2.67. The molecule has 0 aliphatic rings. The summed E-state index contributed by atoms with van der Waals surface area (Å²) in [4.78, 5) is 9.82. The summed E-state index contributed by atoms with van der Waals surface area (Å²) < 4.78 is 0. The van der Waals surface area contributed by atoms with Crippen molar-refractivity contribution in [1.29, 1.82) is 0 Å². The lowest BCUT2D eigenvalue weighted by atomic mass is 10.1. The molecule has 0 bridgehead atoms. The molecule has 1 atom stereocenters. The van der Waals surface area contributed by atoms with Gasteiger partial charge in [-0.2, -0.15) is 0 Å². The van der Waals surface area contributed by atoms with Crippen LogP contribution in [0.1, 0.15) is 20.3 Å². The number of hydrogen-bond acceptors (Lipinski definition) is 1. The molecule has 0 spiro atoms. The molecule has 0 amide bonds. The van der Waals surface area contributed by atoms with Gasteiger partial charge in [0.25, 0.3) is 0 Å². The second-order valence-corrected chi connectivity index (χ2v) is 1.70. The molecule has 1 nitrogen and oxygen atoms in total. The van der Waals surface area contributed by atoms with Gasteiger partial charge in [-0.1, -0.05) is 6.92 Å². The van der Waals surface area contributed by atoms with Crippen LogP contribution < -0.4 is 0 Å². The van der Waals surface area contributed by atoms with Crippen LogP contribution in [0.25, 0.3) is 0 Å². The van der Waals surface area contributed by atoms with Crippen molar-refractivity contribution >= 4 is 6.29 Å². The molecule has 0 rings (SSSR count). The highest BCUT2D eigenvalue weighted by Crippen LogP contribution is 1.94. The monoisotopic (exact) mass is 110 g/mol. The molecule has 0 aromatic rings. The van der Waals surface area contributed by atoms with E-state index in [-0.39, 0.29) is 5.92 Å². The van der Waals surface area contributed by atoms with Gasteiger partial charge in [0.15, 0.2) is 0 Å². The third-order valence-corrected chi connectivity index (χ3v) is 0.841. The maximum absolute atomic E-state index is 9.82. The molecular formula is C7H10O. The standard InChI is InChI=1S/C7H10O/c1-3-4-7(2)5-6-8/h6-7H,5H2,1-2H3. The number of aldehydes is 1. The quantitative estimate of drug-likeness (QED) is 0.386. The number of carbonyl (C=O) groups is 1. The first-order chi connectivity index (χ1) is 3.81. The van der Waals surface area contributed by atoms with Gasteiger partial charge >= 0.3 is 0 Å². The molecule has 0 saturated carbocycles. The van der Waals surface area contributed by atoms with Gasteiger partial charge in [0.05, 0.1) is 0 Å². The van der Waals surface area contributed by atoms with Crippen LogP contribution in [0.5, 0.6) is 0 Å². The Balaban J connectivity index is 3.41. The molecule has 0 aliphatic carbocycles. The van der Waals surface area contributed by atoms with Gasteiger partial charge in [0, 0.05) is 12.3 Å². The first kappa shape index (κ1) is 7.23. The average Bonchev–Trinajstić information content (AvgIpc) is 1.68. The van der Waals surface area contributed by atoms with Crippen molar-refractivity contribution in [2.45, 2.75) is 20.3 Å². The van der Waals surface area contributed by atoms with E-state index in [1.165, 1.54) is 0 Å². The van der Waals surface area contributed by atoms with Crippen LogP contribution >= 0.6 is 0 Å². The van der Waals surface area contributed by atoms with E-state index in [9.17, 15) is 4.79 Å². The van der Waals surface area contributed by atoms with E-state index in [1.807, 2.05) is 6.92 Å². The molecule has 0 radical (unpaired) electrons. The van der Waals surface area contributed by atoms with E-state index in [1.54, 1.807) is 6.92 Å². The molecule has 0 aromatic heterocycles. The minimum Gasteiger partial charge on any atom is -0.303 e. The second-order valence-electron chi connectivity index (χ2n) is 1.70. The zero-order valence-electron chi connectivity index (χ0n) is 5.27. The van der Waals surface area contributed by atoms with Crippen molar-refractivity contribution in [3.63, 3.8) is 0 Å². The lowest BCUT2D eigenvalue weighted by molar-refractivity contribution is -0.108. The van der Waals surface area contributed by atoms with Crippen molar-refractivity contribution in [3.8, 4) is 11.8 Å². The van der Waals surface area contributed by atoms with Gasteiger partial charge in [-0.3, -0.25) is 0 Å². The van der Waals surface area contributed by atoms with Gasteiger partial charge in [-0.05, 0) is 6.92 Å². The largest absolute Gasteiger partial charge is 0.303 e. The van der Waals surface area contributed by atoms with E-state index >= 15 is 0 Å². The molecule has 0 fully saturated rings. The predicted molar refractivity (Wildman–Crippen MR) is 33.3 cm³/mol. The summed E-state index contributed by atoms with van der Waals surface area (Å²) in [6.07, 6.45) is 1.45. The van der Waals surface area contributed by atoms with E-state index < -0.39 is 0 Å². The maximum atomic E-state index is 9.82. The third kappa shape index (κ3) is 3.42. The third-order valence-electron chi connectivity index (χ3n) is 0.841. The van der Waals surface area contributed by atoms with E-state index in [4.69, 9.17) is 0 Å². The van der Waals surface area contributed by atoms with Crippen LogP contribution in [0.4, 0.5) is 0 Å². The summed E-state index contributed by atoms with van der Waals surface area (Å²) in [7, 11) is 0. The highest BCUT2D eigenvalue weighted by atomic mass is 16.1. The summed E-state index contributed by atoms with van der Waals surface area (Å²) in [6.45, 7) is 3.71. The van der Waals surface area contributed by atoms with Crippen molar-refractivity contribution in [1.82, 2.24) is 0 Å². The molecule has 0 heterocycles. The Morgan fingerprint density at radius 3 is 2.75 bits per heavy atom. The van der Waals surface area contributed by atoms with Crippen LogP contribution in [0.15, 0.2) is 0 Å². The van der Waals surface area contributed by atoms with Gasteiger partial charge in [-0.25, -0.2) is 0 Å². The highest BCUT2D eigenvalue weighted by molar-refractivity contribution is 5.50. The van der Waals surface area contributed by atoms with Crippen molar-refractivity contribution in [3.05, 3.63) is 0 Å². The van der Waals surface area contributed by atoms with E-state index in [0.29, 0.717) is 6.42 Å². The van der Waals surface area contributed by atoms with Crippen LogP contribution in [0.3, 0.4) is 0 Å². The second kappa shape index (κ2) is 4.39. The maximum Gasteiger partial charge on any atom is 0.121 e. The summed E-state index contributed by atoms with van der Waals surface area (Å²) in [6, 6.07) is 0. The zero-order valence-corrected chi connectivity index (χ0v) is 5.27. The molecule has 8 heavy (non-hydrogen) atoms. The lowest BCUT2D eigenvalue weighted by Gasteiger charge is -1.91. The molecule has 0 N–H and O–H groups in total. The van der Waals surface area contributed by atoms with Crippen LogP contribution in [-0.2, 0) is 4.79 Å². The van der Waals surface area contributed by atoms with Crippen LogP contribution in [0, 0.1) is 17.8 Å². The molecule has 1 unspecified atom stereocenters. The SMILES string of the molecule is CC#CC(C)CC=O. The first-order valence-electron chi connectivity index (χ1n) is 2.67. The Labute approximate surface area is 50.1 Å². The smallest absolute Gasteiger partial charge is 0.121 e. The summed E-state index contributed by atoms with van der Waals surface area (Å²) in [5.41, 5.74) is 0. The lowest BCUT2D eigenvalue weighted by Crippen LogP contribution is -1.88. The Morgan fingerprint density at radius 2 is 2.38 bits per heavy atom. The Morgan fingerprint density at radius 1 is 1.75 bits per heavy atom. The fourth-order valence-corrected chi connectivity index (χ4v) is 0.450. The summed E-state index contributed by atoms with van der Waals surface area (Å²) in [5.74, 6) is 5.84. The molecule has 44 valence electrons. The topological polar surface area (TPSA) is 17.1 Å². The molecule has 1 heteroatoms. The van der Waals surface area contributed by atoms with Crippen LogP contribution in [0.2, 0.25) is 0 Å². The Bertz CT molecular complexity index is 116. The molecule has 0 aromatic carbocycles. The van der Waals surface area contributed by atoms with Crippen molar-refractivity contribution in [2.24, 2.45) is 5.92 Å². The van der Waals surface area contributed by atoms with Crippen molar-refractivity contribution < 1.29 is 4.79 Å². The average molecular weight is 110 g/mol.